The van der Waals surface area contributed by atoms with E-state index in [1.165, 1.54) is 0 Å². The molecule has 0 aromatic rings. The molecule has 4 heteroatoms. The van der Waals surface area contributed by atoms with Crippen LogP contribution in [0.2, 0.25) is 0 Å². The molecule has 1 aliphatic heterocycles. The van der Waals surface area contributed by atoms with E-state index in [0.717, 1.165) is 6.54 Å². The summed E-state index contributed by atoms with van der Waals surface area (Å²) in [5.41, 5.74) is 5.24. The van der Waals surface area contributed by atoms with Gasteiger partial charge in [0.1, 0.15) is 5.66 Å². The van der Waals surface area contributed by atoms with E-state index in [1.54, 1.807) is 0 Å². The summed E-state index contributed by atoms with van der Waals surface area (Å²) in [5.74, 6) is 0. The van der Waals surface area contributed by atoms with Crippen LogP contribution in [0.25, 0.3) is 0 Å². The van der Waals surface area contributed by atoms with Crippen LogP contribution in [0, 0.1) is 0 Å². The van der Waals surface area contributed by atoms with Gasteiger partial charge in [0.25, 0.3) is 0 Å². The van der Waals surface area contributed by atoms with Crippen LogP contribution in [0.3, 0.4) is 0 Å². The van der Waals surface area contributed by atoms with E-state index in [0.29, 0.717) is 6.04 Å². The van der Waals surface area contributed by atoms with E-state index < -0.39 is 5.66 Å². The van der Waals surface area contributed by atoms with Crippen molar-refractivity contribution in [2.24, 2.45) is 16.1 Å². The summed E-state index contributed by atoms with van der Waals surface area (Å²) in [5, 5.41) is 9.71. The second kappa shape index (κ2) is 2.20. The van der Waals surface area contributed by atoms with E-state index in [1.807, 2.05) is 11.9 Å². The Morgan fingerprint density at radius 1 is 1.60 bits per heavy atom. The zero-order chi connectivity index (χ0) is 7.78. The fourth-order valence-electron chi connectivity index (χ4n) is 0.837. The highest BCUT2D eigenvalue weighted by molar-refractivity contribution is 4.82. The molecule has 58 valence electrons. The van der Waals surface area contributed by atoms with Gasteiger partial charge < -0.3 is 5.73 Å². The molecule has 0 bridgehead atoms. The maximum atomic E-state index is 5.70. The first-order valence-corrected chi connectivity index (χ1v) is 3.49. The highest BCUT2D eigenvalue weighted by atomic mass is 15.6. The van der Waals surface area contributed by atoms with E-state index in [2.05, 4.69) is 24.2 Å². The predicted octanol–water partition coefficient (Wildman–Crippen LogP) is 0.752. The summed E-state index contributed by atoms with van der Waals surface area (Å²) in [6.45, 7) is 6.74. The second-order valence-electron chi connectivity index (χ2n) is 3.24. The average molecular weight is 142 g/mol. The smallest absolute Gasteiger partial charge is 0.147 e. The molecule has 0 fully saturated rings. The molecule has 1 heterocycles. The molecule has 1 rings (SSSR count). The van der Waals surface area contributed by atoms with Gasteiger partial charge in [0, 0.05) is 6.04 Å². The van der Waals surface area contributed by atoms with Crippen molar-refractivity contribution in [1.82, 2.24) is 5.01 Å². The summed E-state index contributed by atoms with van der Waals surface area (Å²) >= 11 is 0. The first-order valence-electron chi connectivity index (χ1n) is 3.49. The number of hydrogen-bond acceptors (Lipinski definition) is 4. The van der Waals surface area contributed by atoms with Crippen molar-refractivity contribution in [1.29, 1.82) is 0 Å². The molecule has 1 atom stereocenters. The Kier molecular flexibility index (Phi) is 1.64. The van der Waals surface area contributed by atoms with E-state index in [-0.39, 0.29) is 0 Å². The van der Waals surface area contributed by atoms with Crippen molar-refractivity contribution in [3.05, 3.63) is 0 Å². The Hall–Kier alpha value is -0.640. The lowest BCUT2D eigenvalue weighted by molar-refractivity contribution is 0.234. The SMILES string of the molecule is CC(C)N1CC(C)(N)N=N1. The van der Waals surface area contributed by atoms with Gasteiger partial charge in [-0.1, -0.05) is 5.22 Å². The summed E-state index contributed by atoms with van der Waals surface area (Å²) in [7, 11) is 0. The zero-order valence-corrected chi connectivity index (χ0v) is 6.70. The van der Waals surface area contributed by atoms with E-state index in [9.17, 15) is 0 Å². The van der Waals surface area contributed by atoms with Crippen LogP contribution in [-0.4, -0.2) is 23.3 Å². The Labute approximate surface area is 61.1 Å². The molecule has 0 aromatic heterocycles. The second-order valence-corrected chi connectivity index (χ2v) is 3.24. The molecule has 10 heavy (non-hydrogen) atoms. The Morgan fingerprint density at radius 3 is 2.40 bits per heavy atom. The topological polar surface area (TPSA) is 54.0 Å². The van der Waals surface area contributed by atoms with Crippen LogP contribution < -0.4 is 5.73 Å². The molecule has 0 saturated carbocycles. The zero-order valence-electron chi connectivity index (χ0n) is 6.70. The third kappa shape index (κ3) is 1.44. The number of nitrogens with two attached hydrogens (primary N) is 1. The van der Waals surface area contributed by atoms with Crippen LogP contribution in [0.5, 0.6) is 0 Å². The number of hydrogen-bond donors (Lipinski definition) is 1. The van der Waals surface area contributed by atoms with Crippen molar-refractivity contribution in [3.63, 3.8) is 0 Å². The van der Waals surface area contributed by atoms with Crippen LogP contribution in [-0.2, 0) is 0 Å². The van der Waals surface area contributed by atoms with E-state index in [4.69, 9.17) is 5.73 Å². The largest absolute Gasteiger partial charge is 0.304 e. The van der Waals surface area contributed by atoms with Crippen molar-refractivity contribution in [3.8, 4) is 0 Å². The maximum Gasteiger partial charge on any atom is 0.147 e. The van der Waals surface area contributed by atoms with Gasteiger partial charge in [-0.25, -0.2) is 0 Å². The molecule has 0 aliphatic carbocycles. The summed E-state index contributed by atoms with van der Waals surface area (Å²) < 4.78 is 0. The standard InChI is InChI=1S/C6H14N4/c1-5(2)10-4-6(3,7)8-9-10/h5H,4,7H2,1-3H3. The molecule has 2 N–H and O–H groups in total. The molecule has 4 nitrogen and oxygen atoms in total. The molecule has 1 unspecified atom stereocenters. The number of nitrogens with zero attached hydrogens (tertiary/aromatic N) is 3. The van der Waals surface area contributed by atoms with Gasteiger partial charge >= 0.3 is 0 Å². The quantitative estimate of drug-likeness (QED) is 0.587. The van der Waals surface area contributed by atoms with Crippen molar-refractivity contribution >= 4 is 0 Å². The minimum Gasteiger partial charge on any atom is -0.304 e. The Bertz CT molecular complexity index is 150. The van der Waals surface area contributed by atoms with Crippen molar-refractivity contribution in [2.75, 3.05) is 6.54 Å². The monoisotopic (exact) mass is 142 g/mol. The summed E-state index contributed by atoms with van der Waals surface area (Å²) in [4.78, 5) is 0. The van der Waals surface area contributed by atoms with Crippen molar-refractivity contribution < 1.29 is 0 Å². The molecular weight excluding hydrogens is 128 g/mol. The van der Waals surface area contributed by atoms with Crippen LogP contribution in [0.4, 0.5) is 0 Å². The van der Waals surface area contributed by atoms with Gasteiger partial charge in [0.2, 0.25) is 0 Å². The van der Waals surface area contributed by atoms with Crippen LogP contribution >= 0.6 is 0 Å². The lowest BCUT2D eigenvalue weighted by atomic mass is 10.2. The lowest BCUT2D eigenvalue weighted by Gasteiger charge is -2.19. The highest BCUT2D eigenvalue weighted by Crippen LogP contribution is 2.16. The van der Waals surface area contributed by atoms with Gasteiger partial charge in [-0.3, -0.25) is 5.01 Å². The van der Waals surface area contributed by atoms with E-state index >= 15 is 0 Å². The van der Waals surface area contributed by atoms with Crippen molar-refractivity contribution in [2.45, 2.75) is 32.5 Å². The van der Waals surface area contributed by atoms with Gasteiger partial charge in [0.15, 0.2) is 0 Å². The first-order chi connectivity index (χ1) is 4.51. The fraction of sp³-hybridized carbons (Fsp3) is 1.00. The first kappa shape index (κ1) is 7.47. The normalized spacial score (nSPS) is 32.3. The van der Waals surface area contributed by atoms with Gasteiger partial charge in [-0.2, -0.15) is 0 Å². The highest BCUT2D eigenvalue weighted by Gasteiger charge is 2.28. The summed E-state index contributed by atoms with van der Waals surface area (Å²) in [6, 6.07) is 0.397. The molecule has 1 aliphatic rings. The third-order valence-electron chi connectivity index (χ3n) is 1.47. The minimum atomic E-state index is -0.468. The van der Waals surface area contributed by atoms with Gasteiger partial charge in [-0.05, 0) is 20.8 Å². The third-order valence-corrected chi connectivity index (χ3v) is 1.47. The molecule has 0 amide bonds. The summed E-state index contributed by atoms with van der Waals surface area (Å²) in [6.07, 6.45) is 0. The maximum absolute atomic E-state index is 5.70. The van der Waals surface area contributed by atoms with Crippen LogP contribution in [0.1, 0.15) is 20.8 Å². The lowest BCUT2D eigenvalue weighted by Crippen LogP contribution is -2.41. The molecule has 0 radical (unpaired) electrons. The molecule has 0 aromatic carbocycles. The van der Waals surface area contributed by atoms with Gasteiger partial charge in [-0.15, -0.1) is 5.11 Å². The minimum absolute atomic E-state index is 0.397. The molecular formula is C6H14N4. The predicted molar refractivity (Wildman–Crippen MR) is 39.3 cm³/mol. The Balaban J connectivity index is 2.54. The van der Waals surface area contributed by atoms with Crippen LogP contribution in [0.15, 0.2) is 10.3 Å². The molecule has 0 spiro atoms. The fourth-order valence-corrected chi connectivity index (χ4v) is 0.837. The number of rotatable bonds is 1. The Morgan fingerprint density at radius 2 is 2.20 bits per heavy atom. The molecule has 0 saturated heterocycles. The van der Waals surface area contributed by atoms with Gasteiger partial charge in [0.05, 0.1) is 6.54 Å². The average Bonchev–Trinajstić information content (AvgIpc) is 2.10.